The number of rotatable bonds is 7. The van der Waals surface area contributed by atoms with E-state index in [4.69, 9.17) is 18.9 Å². The van der Waals surface area contributed by atoms with Crippen molar-refractivity contribution in [2.24, 2.45) is 5.92 Å². The number of methoxy groups -OCH3 is 3. The number of ether oxygens (including phenoxy) is 4. The third kappa shape index (κ3) is 4.21. The van der Waals surface area contributed by atoms with Crippen LogP contribution in [0.4, 0.5) is 4.79 Å². The van der Waals surface area contributed by atoms with Gasteiger partial charge in [0.2, 0.25) is 0 Å². The molecule has 0 radical (unpaired) electrons. The van der Waals surface area contributed by atoms with Crippen molar-refractivity contribution in [1.29, 1.82) is 0 Å². The molecule has 8 heteroatoms. The molecule has 0 aliphatic carbocycles. The third-order valence-corrected chi connectivity index (χ3v) is 3.83. The molecule has 1 fully saturated rings. The molecule has 1 aliphatic heterocycles. The minimum atomic E-state index is -0.808. The summed E-state index contributed by atoms with van der Waals surface area (Å²) < 4.78 is 20.7. The zero-order chi connectivity index (χ0) is 18.4. The predicted molar refractivity (Wildman–Crippen MR) is 89.4 cm³/mol. The van der Waals surface area contributed by atoms with E-state index < -0.39 is 24.0 Å². The van der Waals surface area contributed by atoms with E-state index in [-0.39, 0.29) is 18.9 Å². The number of amides is 2. The molecule has 2 N–H and O–H groups in total. The summed E-state index contributed by atoms with van der Waals surface area (Å²) in [7, 11) is 4.56. The van der Waals surface area contributed by atoms with Gasteiger partial charge in [-0.3, -0.25) is 4.79 Å². The lowest BCUT2D eigenvalue weighted by atomic mass is 9.88. The van der Waals surface area contributed by atoms with Crippen LogP contribution in [0, 0.1) is 5.92 Å². The van der Waals surface area contributed by atoms with Gasteiger partial charge < -0.3 is 29.6 Å². The molecule has 0 spiro atoms. The third-order valence-electron chi connectivity index (χ3n) is 3.83. The molecule has 1 aromatic carbocycles. The van der Waals surface area contributed by atoms with E-state index in [9.17, 15) is 9.59 Å². The van der Waals surface area contributed by atoms with Crippen LogP contribution in [0.5, 0.6) is 11.5 Å². The maximum atomic E-state index is 12.5. The maximum Gasteiger partial charge on any atom is 0.319 e. The average molecular weight is 350 g/mol. The maximum absolute atomic E-state index is 12.5. The van der Waals surface area contributed by atoms with Gasteiger partial charge in [0.1, 0.15) is 24.0 Å². The molecule has 1 aliphatic rings. The van der Waals surface area contributed by atoms with Gasteiger partial charge in [-0.05, 0) is 12.1 Å². The molecule has 8 nitrogen and oxygen atoms in total. The number of hydrogen-bond donors (Lipinski definition) is 2. The van der Waals surface area contributed by atoms with E-state index in [1.54, 1.807) is 25.3 Å². The van der Waals surface area contributed by atoms with E-state index in [2.05, 4.69) is 17.2 Å². The van der Waals surface area contributed by atoms with Crippen LogP contribution in [0.3, 0.4) is 0 Å². The minimum Gasteiger partial charge on any atom is -0.497 e. The van der Waals surface area contributed by atoms with Gasteiger partial charge >= 0.3 is 12.0 Å². The summed E-state index contributed by atoms with van der Waals surface area (Å²) in [6.45, 7) is 4.18. The lowest BCUT2D eigenvalue weighted by Gasteiger charge is -2.33. The molecule has 0 saturated carbocycles. The Morgan fingerprint density at radius 3 is 2.60 bits per heavy atom. The van der Waals surface area contributed by atoms with E-state index in [1.807, 2.05) is 0 Å². The Morgan fingerprint density at radius 2 is 1.96 bits per heavy atom. The van der Waals surface area contributed by atoms with Crippen molar-refractivity contribution in [2.45, 2.75) is 6.04 Å². The average Bonchev–Trinajstić information content (AvgIpc) is 2.60. The second-order valence-electron chi connectivity index (χ2n) is 5.35. The number of nitrogens with one attached hydrogen (secondary N) is 2. The van der Waals surface area contributed by atoms with Gasteiger partial charge in [-0.1, -0.05) is 6.58 Å². The summed E-state index contributed by atoms with van der Waals surface area (Å²) in [6, 6.07) is 4.00. The van der Waals surface area contributed by atoms with Crippen molar-refractivity contribution in [1.82, 2.24) is 10.6 Å². The quantitative estimate of drug-likeness (QED) is 0.570. The van der Waals surface area contributed by atoms with Crippen molar-refractivity contribution in [3.05, 3.63) is 36.0 Å². The molecular weight excluding hydrogens is 328 g/mol. The minimum absolute atomic E-state index is 0.111. The first kappa shape index (κ1) is 18.6. The molecule has 2 atom stereocenters. The first-order valence-electron chi connectivity index (χ1n) is 7.65. The van der Waals surface area contributed by atoms with Gasteiger partial charge in [-0.25, -0.2) is 4.79 Å². The monoisotopic (exact) mass is 350 g/mol. The van der Waals surface area contributed by atoms with Gasteiger partial charge in [0.15, 0.2) is 0 Å². The number of carbonyl (C=O) groups excluding carboxylic acids is 2. The highest BCUT2D eigenvalue weighted by molar-refractivity contribution is 5.85. The fraction of sp³-hybridized carbons (Fsp3) is 0.412. The lowest BCUT2D eigenvalue weighted by molar-refractivity contribution is -0.149. The highest BCUT2D eigenvalue weighted by Crippen LogP contribution is 2.37. The summed E-state index contributed by atoms with van der Waals surface area (Å²) in [6.07, 6.45) is 0. The van der Waals surface area contributed by atoms with Gasteiger partial charge in [-0.15, -0.1) is 0 Å². The normalized spacial score (nSPS) is 19.6. The van der Waals surface area contributed by atoms with Crippen molar-refractivity contribution in [3.8, 4) is 11.5 Å². The van der Waals surface area contributed by atoms with E-state index in [0.717, 1.165) is 0 Å². The number of benzene rings is 1. The molecule has 1 aromatic rings. The molecule has 1 saturated heterocycles. The molecular formula is C17H22N2O6. The van der Waals surface area contributed by atoms with Crippen LogP contribution < -0.4 is 20.1 Å². The zero-order valence-electron chi connectivity index (χ0n) is 14.5. The second-order valence-corrected chi connectivity index (χ2v) is 5.35. The first-order valence-corrected chi connectivity index (χ1v) is 7.65. The van der Waals surface area contributed by atoms with Crippen LogP contribution in [-0.4, -0.2) is 46.5 Å². The van der Waals surface area contributed by atoms with E-state index in [1.165, 1.54) is 14.2 Å². The molecule has 136 valence electrons. The standard InChI is InChI=1S/C17H22N2O6/c1-10-14(16(20)25-8-7-22-2)15(19-17(21)18-10)12-6-5-11(23-3)9-13(12)24-4/h5-6,9,14-15H,1,7-8H2,2-4H3,(H2,18,19,21)/t14-,15+/m0/s1. The summed E-state index contributed by atoms with van der Waals surface area (Å²) in [5, 5.41) is 5.25. The first-order chi connectivity index (χ1) is 12.0. The van der Waals surface area contributed by atoms with Crippen LogP contribution >= 0.6 is 0 Å². The zero-order valence-corrected chi connectivity index (χ0v) is 14.5. The second kappa shape index (κ2) is 8.39. The molecule has 0 aromatic heterocycles. The fourth-order valence-electron chi connectivity index (χ4n) is 2.61. The number of carbonyl (C=O) groups is 2. The van der Waals surface area contributed by atoms with Gasteiger partial charge in [0, 0.05) is 24.4 Å². The van der Waals surface area contributed by atoms with E-state index >= 15 is 0 Å². The predicted octanol–water partition coefficient (Wildman–Crippen LogP) is 1.38. The number of urea groups is 1. The Labute approximate surface area is 146 Å². The van der Waals surface area contributed by atoms with Crippen molar-refractivity contribution < 1.29 is 28.5 Å². The van der Waals surface area contributed by atoms with Crippen LogP contribution in [0.2, 0.25) is 0 Å². The molecule has 0 unspecified atom stereocenters. The highest BCUT2D eigenvalue weighted by atomic mass is 16.6. The van der Waals surface area contributed by atoms with Gasteiger partial charge in [0.25, 0.3) is 0 Å². The van der Waals surface area contributed by atoms with Crippen LogP contribution in [0.15, 0.2) is 30.5 Å². The van der Waals surface area contributed by atoms with Crippen LogP contribution in [0.25, 0.3) is 0 Å². The van der Waals surface area contributed by atoms with E-state index in [0.29, 0.717) is 17.1 Å². The summed E-state index contributed by atoms with van der Waals surface area (Å²) in [5.74, 6) is -0.248. The Balaban J connectivity index is 2.35. The van der Waals surface area contributed by atoms with Crippen LogP contribution in [0.1, 0.15) is 11.6 Å². The Bertz CT molecular complexity index is 661. The Hall–Kier alpha value is -2.74. The largest absolute Gasteiger partial charge is 0.497 e. The molecule has 0 bridgehead atoms. The Morgan fingerprint density at radius 1 is 1.20 bits per heavy atom. The van der Waals surface area contributed by atoms with Crippen LogP contribution in [-0.2, 0) is 14.3 Å². The molecule has 2 rings (SSSR count). The van der Waals surface area contributed by atoms with Crippen molar-refractivity contribution in [3.63, 3.8) is 0 Å². The van der Waals surface area contributed by atoms with Gasteiger partial charge in [-0.2, -0.15) is 0 Å². The fourth-order valence-corrected chi connectivity index (χ4v) is 2.61. The van der Waals surface area contributed by atoms with Crippen molar-refractivity contribution in [2.75, 3.05) is 34.5 Å². The molecule has 1 heterocycles. The van der Waals surface area contributed by atoms with Gasteiger partial charge in [0.05, 0.1) is 26.9 Å². The summed E-state index contributed by atoms with van der Waals surface area (Å²) in [4.78, 5) is 24.4. The molecule has 2 amide bonds. The smallest absolute Gasteiger partial charge is 0.319 e. The lowest BCUT2D eigenvalue weighted by Crippen LogP contribution is -2.51. The topological polar surface area (TPSA) is 95.1 Å². The molecule has 25 heavy (non-hydrogen) atoms. The SMILES string of the molecule is C=C1NC(=O)N[C@H](c2ccc(OC)cc2OC)[C@H]1C(=O)OCCOC. The Kier molecular flexibility index (Phi) is 6.24. The highest BCUT2D eigenvalue weighted by Gasteiger charge is 2.40. The summed E-state index contributed by atoms with van der Waals surface area (Å²) >= 11 is 0. The number of esters is 1. The number of hydrogen-bond acceptors (Lipinski definition) is 6. The summed E-state index contributed by atoms with van der Waals surface area (Å²) in [5.41, 5.74) is 0.877. The van der Waals surface area contributed by atoms with Crippen molar-refractivity contribution >= 4 is 12.0 Å².